The van der Waals surface area contributed by atoms with E-state index in [-0.39, 0.29) is 5.54 Å². The molecule has 102 valence electrons. The second-order valence-corrected chi connectivity index (χ2v) is 6.58. The van der Waals surface area contributed by atoms with Crippen LogP contribution >= 0.6 is 0 Å². The van der Waals surface area contributed by atoms with Gasteiger partial charge in [0.1, 0.15) is 0 Å². The highest BCUT2D eigenvalue weighted by molar-refractivity contribution is 5.81. The molecular weight excluding hydrogens is 224 g/mol. The van der Waals surface area contributed by atoms with Crippen molar-refractivity contribution in [1.82, 2.24) is 9.80 Å². The Labute approximate surface area is 110 Å². The number of guanidine groups is 1. The number of rotatable bonds is 2. The molecule has 0 aliphatic carbocycles. The summed E-state index contributed by atoms with van der Waals surface area (Å²) in [6.45, 7) is 9.04. The monoisotopic (exact) mass is 250 g/mol. The third-order valence-electron chi connectivity index (χ3n) is 4.94. The number of nitrogens with zero attached hydrogens (tertiary/aromatic N) is 3. The molecule has 2 atom stereocenters. The van der Waals surface area contributed by atoms with E-state index in [2.05, 4.69) is 28.6 Å². The van der Waals surface area contributed by atoms with Crippen LogP contribution < -0.4 is 5.73 Å². The van der Waals surface area contributed by atoms with Crippen LogP contribution in [0, 0.1) is 5.92 Å². The van der Waals surface area contributed by atoms with Gasteiger partial charge in [-0.2, -0.15) is 0 Å². The Morgan fingerprint density at radius 2 is 2.22 bits per heavy atom. The molecule has 2 fully saturated rings. The van der Waals surface area contributed by atoms with Gasteiger partial charge in [-0.3, -0.25) is 9.89 Å². The average Bonchev–Trinajstić information content (AvgIpc) is 2.87. The lowest BCUT2D eigenvalue weighted by molar-refractivity contribution is 0.0891. The maximum Gasteiger partial charge on any atom is 0.191 e. The van der Waals surface area contributed by atoms with Gasteiger partial charge in [-0.25, -0.2) is 0 Å². The van der Waals surface area contributed by atoms with E-state index in [0.29, 0.717) is 12.0 Å². The van der Waals surface area contributed by atoms with Gasteiger partial charge in [0, 0.05) is 19.1 Å². The van der Waals surface area contributed by atoms with Gasteiger partial charge in [0.05, 0.1) is 12.1 Å². The summed E-state index contributed by atoms with van der Waals surface area (Å²) in [6.07, 6.45) is 5.32. The lowest BCUT2D eigenvalue weighted by atomic mass is 9.84. The number of piperidine rings is 1. The van der Waals surface area contributed by atoms with Gasteiger partial charge in [-0.15, -0.1) is 0 Å². The van der Waals surface area contributed by atoms with Crippen molar-refractivity contribution in [3.05, 3.63) is 0 Å². The molecule has 0 saturated carbocycles. The van der Waals surface area contributed by atoms with Crippen molar-refractivity contribution in [3.63, 3.8) is 0 Å². The van der Waals surface area contributed by atoms with Gasteiger partial charge in [-0.05, 0) is 31.7 Å². The van der Waals surface area contributed by atoms with E-state index in [0.717, 1.165) is 19.0 Å². The molecule has 3 aliphatic rings. The van der Waals surface area contributed by atoms with Gasteiger partial charge in [-0.1, -0.05) is 20.3 Å². The van der Waals surface area contributed by atoms with E-state index in [1.54, 1.807) is 0 Å². The summed E-state index contributed by atoms with van der Waals surface area (Å²) >= 11 is 0. The molecule has 3 rings (SSSR count). The minimum atomic E-state index is 0.231. The Hall–Kier alpha value is -0.770. The van der Waals surface area contributed by atoms with Crippen LogP contribution in [0.3, 0.4) is 0 Å². The Morgan fingerprint density at radius 3 is 3.00 bits per heavy atom. The second-order valence-electron chi connectivity index (χ2n) is 6.58. The molecule has 0 bridgehead atoms. The van der Waals surface area contributed by atoms with E-state index < -0.39 is 0 Å². The van der Waals surface area contributed by atoms with Crippen molar-refractivity contribution in [1.29, 1.82) is 0 Å². The average molecular weight is 250 g/mol. The molecular formula is C14H26N4. The maximum absolute atomic E-state index is 6.16. The third kappa shape index (κ3) is 1.73. The van der Waals surface area contributed by atoms with Crippen molar-refractivity contribution >= 4 is 5.96 Å². The summed E-state index contributed by atoms with van der Waals surface area (Å²) in [7, 11) is 0. The van der Waals surface area contributed by atoms with Gasteiger partial charge in [0.15, 0.2) is 5.96 Å². The van der Waals surface area contributed by atoms with Crippen LogP contribution in [0.15, 0.2) is 4.99 Å². The summed E-state index contributed by atoms with van der Waals surface area (Å²) in [5.41, 5.74) is 6.39. The van der Waals surface area contributed by atoms with Crippen molar-refractivity contribution in [2.45, 2.75) is 51.1 Å². The van der Waals surface area contributed by atoms with E-state index in [9.17, 15) is 0 Å². The number of nitrogens with two attached hydrogens (primary N) is 1. The Bertz CT molecular complexity index is 352. The van der Waals surface area contributed by atoms with Crippen LogP contribution in [-0.2, 0) is 0 Å². The van der Waals surface area contributed by atoms with Crippen LogP contribution in [0.25, 0.3) is 0 Å². The predicted octanol–water partition coefficient (Wildman–Crippen LogP) is 1.27. The zero-order chi connectivity index (χ0) is 12.8. The number of hydrogen-bond acceptors (Lipinski definition) is 4. The van der Waals surface area contributed by atoms with Crippen LogP contribution in [-0.4, -0.2) is 53.5 Å². The quantitative estimate of drug-likeness (QED) is 0.803. The number of hydrogen-bond donors (Lipinski definition) is 1. The molecule has 3 aliphatic heterocycles. The highest BCUT2D eigenvalue weighted by atomic mass is 15.4. The largest absolute Gasteiger partial charge is 0.370 e. The fourth-order valence-corrected chi connectivity index (χ4v) is 4.13. The molecule has 18 heavy (non-hydrogen) atoms. The lowest BCUT2D eigenvalue weighted by Gasteiger charge is -2.44. The van der Waals surface area contributed by atoms with Gasteiger partial charge in [0.2, 0.25) is 0 Å². The summed E-state index contributed by atoms with van der Waals surface area (Å²) in [5, 5.41) is 0. The zero-order valence-corrected chi connectivity index (χ0v) is 11.7. The zero-order valence-electron chi connectivity index (χ0n) is 11.7. The molecule has 4 heteroatoms. The standard InChI is InChI=1S/C14H26N4/c1-11(2)9-18-13(15)16-10-14(18)6-8-17-7-4-3-5-12(14)17/h11-12H,3-10H2,1-2H3,(H2,15,16). The van der Waals surface area contributed by atoms with Crippen molar-refractivity contribution in [2.75, 3.05) is 26.2 Å². The molecule has 2 N–H and O–H groups in total. The SMILES string of the molecule is CC(C)CN1C(N)=NCC12CCN1CCCCC12. The molecule has 4 nitrogen and oxygen atoms in total. The van der Waals surface area contributed by atoms with Crippen LogP contribution in [0.5, 0.6) is 0 Å². The molecule has 0 amide bonds. The lowest BCUT2D eigenvalue weighted by Crippen LogP contribution is -2.60. The topological polar surface area (TPSA) is 44.9 Å². The Kier molecular flexibility index (Phi) is 3.00. The summed E-state index contributed by atoms with van der Waals surface area (Å²) < 4.78 is 0. The molecule has 0 aromatic heterocycles. The van der Waals surface area contributed by atoms with Crippen LogP contribution in [0.1, 0.15) is 39.5 Å². The fourth-order valence-electron chi connectivity index (χ4n) is 4.13. The molecule has 0 radical (unpaired) electrons. The first-order valence-corrected chi connectivity index (χ1v) is 7.45. The van der Waals surface area contributed by atoms with Crippen LogP contribution in [0.2, 0.25) is 0 Å². The molecule has 3 heterocycles. The first kappa shape index (κ1) is 12.3. The number of fused-ring (bicyclic) bond motifs is 2. The van der Waals surface area contributed by atoms with E-state index >= 15 is 0 Å². The van der Waals surface area contributed by atoms with Gasteiger partial charge < -0.3 is 10.6 Å². The normalized spacial score (nSPS) is 36.5. The molecule has 1 spiro atoms. The highest BCUT2D eigenvalue weighted by Crippen LogP contribution is 2.42. The molecule has 0 aromatic carbocycles. The van der Waals surface area contributed by atoms with Gasteiger partial charge >= 0.3 is 0 Å². The predicted molar refractivity (Wildman–Crippen MR) is 74.6 cm³/mol. The first-order valence-electron chi connectivity index (χ1n) is 7.45. The smallest absolute Gasteiger partial charge is 0.191 e. The van der Waals surface area contributed by atoms with Crippen LogP contribution in [0.4, 0.5) is 0 Å². The summed E-state index contributed by atoms with van der Waals surface area (Å²) in [4.78, 5) is 9.71. The second kappa shape index (κ2) is 4.41. The summed E-state index contributed by atoms with van der Waals surface area (Å²) in [6, 6.07) is 0.690. The third-order valence-corrected chi connectivity index (χ3v) is 4.94. The summed E-state index contributed by atoms with van der Waals surface area (Å²) in [5.74, 6) is 1.43. The maximum atomic E-state index is 6.16. The van der Waals surface area contributed by atoms with Crippen molar-refractivity contribution in [2.24, 2.45) is 16.6 Å². The van der Waals surface area contributed by atoms with Crippen molar-refractivity contribution < 1.29 is 0 Å². The minimum absolute atomic E-state index is 0.231. The molecule has 2 saturated heterocycles. The minimum Gasteiger partial charge on any atom is -0.370 e. The van der Waals surface area contributed by atoms with Crippen molar-refractivity contribution in [3.8, 4) is 0 Å². The van der Waals surface area contributed by atoms with Gasteiger partial charge in [0.25, 0.3) is 0 Å². The molecule has 2 unspecified atom stereocenters. The highest BCUT2D eigenvalue weighted by Gasteiger charge is 2.54. The fraction of sp³-hybridized carbons (Fsp3) is 0.929. The van der Waals surface area contributed by atoms with E-state index in [1.165, 1.54) is 38.8 Å². The number of aliphatic imine (C=N–C) groups is 1. The van der Waals surface area contributed by atoms with E-state index in [4.69, 9.17) is 5.73 Å². The Balaban J connectivity index is 1.85. The first-order chi connectivity index (χ1) is 8.63. The molecule has 0 aromatic rings. The Morgan fingerprint density at radius 1 is 1.39 bits per heavy atom. The van der Waals surface area contributed by atoms with E-state index in [1.807, 2.05) is 0 Å².